The summed E-state index contributed by atoms with van der Waals surface area (Å²) in [4.78, 5) is 11.1. The van der Waals surface area contributed by atoms with Gasteiger partial charge in [0.05, 0.1) is 26.0 Å². The predicted molar refractivity (Wildman–Crippen MR) is 83.9 cm³/mol. The normalized spacial score (nSPS) is 12.2. The van der Waals surface area contributed by atoms with Gasteiger partial charge in [-0.1, -0.05) is 0 Å². The summed E-state index contributed by atoms with van der Waals surface area (Å²) in [5.74, 6) is -0.374. The topological polar surface area (TPSA) is 121 Å². The maximum atomic E-state index is 13.1. The van der Waals surface area contributed by atoms with Crippen LogP contribution >= 0.6 is 0 Å². The predicted octanol–water partition coefficient (Wildman–Crippen LogP) is 1.36. The lowest BCUT2D eigenvalue weighted by Gasteiger charge is -2.11. The molecule has 0 aromatic carbocycles. The van der Waals surface area contributed by atoms with Crippen LogP contribution in [0, 0.1) is 0 Å². The molecule has 0 unspecified atom stereocenters. The standard InChI is InChI=1S/C13H11F3N6O4S/c1-25-8-6-18-12(26-2)22-9(8)19-11(20-22)21-27(23,24)10-7(13(14,15)16)4-3-5-17-10/h3-6H,1-2H3,(H,20,21). The highest BCUT2D eigenvalue weighted by Crippen LogP contribution is 2.33. The second-order valence-electron chi connectivity index (χ2n) is 4.94. The highest BCUT2D eigenvalue weighted by Gasteiger charge is 2.38. The smallest absolute Gasteiger partial charge is 0.419 e. The maximum Gasteiger partial charge on any atom is 0.419 e. The SMILES string of the molecule is COc1cnc(OC)n2nc(NS(=O)(=O)c3ncccc3C(F)(F)F)nc12. The highest BCUT2D eigenvalue weighted by atomic mass is 32.2. The zero-order valence-electron chi connectivity index (χ0n) is 13.7. The molecule has 0 amide bonds. The van der Waals surface area contributed by atoms with Crippen LogP contribution in [-0.4, -0.2) is 47.2 Å². The molecule has 0 radical (unpaired) electrons. The third-order valence-electron chi connectivity index (χ3n) is 3.26. The van der Waals surface area contributed by atoms with Gasteiger partial charge in [-0.25, -0.2) is 9.71 Å². The first-order chi connectivity index (χ1) is 12.7. The largest absolute Gasteiger partial charge is 0.491 e. The van der Waals surface area contributed by atoms with Gasteiger partial charge >= 0.3 is 12.2 Å². The molecule has 0 atom stereocenters. The Bertz CT molecular complexity index is 1060. The van der Waals surface area contributed by atoms with Crippen molar-refractivity contribution in [2.45, 2.75) is 11.2 Å². The minimum Gasteiger partial charge on any atom is -0.491 e. The van der Waals surface area contributed by atoms with E-state index in [2.05, 4.69) is 20.1 Å². The van der Waals surface area contributed by atoms with E-state index in [-0.39, 0.29) is 17.4 Å². The number of ether oxygens (including phenoxy) is 2. The average molecular weight is 404 g/mol. The Morgan fingerprint density at radius 2 is 1.93 bits per heavy atom. The molecule has 0 aliphatic carbocycles. The lowest BCUT2D eigenvalue weighted by atomic mass is 10.3. The molecule has 3 heterocycles. The molecule has 0 saturated carbocycles. The van der Waals surface area contributed by atoms with Crippen molar-refractivity contribution in [3.05, 3.63) is 30.1 Å². The van der Waals surface area contributed by atoms with E-state index in [1.807, 2.05) is 4.72 Å². The summed E-state index contributed by atoms with van der Waals surface area (Å²) in [5, 5.41) is 2.63. The first-order valence-corrected chi connectivity index (χ1v) is 8.54. The number of halogens is 3. The molecule has 3 aromatic rings. The van der Waals surface area contributed by atoms with Crippen molar-refractivity contribution in [1.82, 2.24) is 24.6 Å². The van der Waals surface area contributed by atoms with Crippen LogP contribution in [0.1, 0.15) is 5.56 Å². The van der Waals surface area contributed by atoms with Crippen molar-refractivity contribution in [3.8, 4) is 11.8 Å². The minimum atomic E-state index is -4.92. The Morgan fingerprint density at radius 1 is 1.19 bits per heavy atom. The van der Waals surface area contributed by atoms with Crippen LogP contribution < -0.4 is 14.2 Å². The molecule has 27 heavy (non-hydrogen) atoms. The average Bonchev–Trinajstić information content (AvgIpc) is 3.03. The molecule has 10 nitrogen and oxygen atoms in total. The molecule has 144 valence electrons. The van der Waals surface area contributed by atoms with Crippen LogP contribution in [0.3, 0.4) is 0 Å². The van der Waals surface area contributed by atoms with Crippen molar-refractivity contribution in [2.24, 2.45) is 0 Å². The fraction of sp³-hybridized carbons (Fsp3) is 0.231. The summed E-state index contributed by atoms with van der Waals surface area (Å²) in [6.07, 6.45) is -2.72. The second kappa shape index (κ2) is 6.53. The van der Waals surface area contributed by atoms with E-state index >= 15 is 0 Å². The molecule has 0 fully saturated rings. The number of alkyl halides is 3. The molecule has 0 aliphatic rings. The number of hydrogen-bond donors (Lipinski definition) is 1. The van der Waals surface area contributed by atoms with Gasteiger partial charge in [0, 0.05) is 6.20 Å². The van der Waals surface area contributed by atoms with Crippen LogP contribution in [0.4, 0.5) is 19.1 Å². The third-order valence-corrected chi connectivity index (χ3v) is 4.55. The Kier molecular flexibility index (Phi) is 4.51. The summed E-state index contributed by atoms with van der Waals surface area (Å²) in [7, 11) is -2.12. The van der Waals surface area contributed by atoms with Crippen molar-refractivity contribution in [2.75, 3.05) is 18.9 Å². The van der Waals surface area contributed by atoms with Gasteiger partial charge in [-0.15, -0.1) is 5.10 Å². The molecule has 0 aliphatic heterocycles. The fourth-order valence-corrected chi connectivity index (χ4v) is 3.24. The highest BCUT2D eigenvalue weighted by molar-refractivity contribution is 7.92. The van der Waals surface area contributed by atoms with Gasteiger partial charge in [-0.05, 0) is 12.1 Å². The van der Waals surface area contributed by atoms with Crippen molar-refractivity contribution >= 4 is 21.6 Å². The molecule has 0 bridgehead atoms. The molecule has 0 spiro atoms. The number of rotatable bonds is 5. The number of sulfonamides is 1. The molecule has 14 heteroatoms. The molecular formula is C13H11F3N6O4S. The Labute approximate surface area is 150 Å². The van der Waals surface area contributed by atoms with E-state index in [4.69, 9.17) is 9.47 Å². The van der Waals surface area contributed by atoms with Gasteiger partial charge in [-0.3, -0.25) is 0 Å². The summed E-state index contributed by atoms with van der Waals surface area (Å²) in [6.45, 7) is 0. The summed E-state index contributed by atoms with van der Waals surface area (Å²) < 4.78 is 77.0. The number of nitrogens with one attached hydrogen (secondary N) is 1. The van der Waals surface area contributed by atoms with Crippen molar-refractivity contribution in [1.29, 1.82) is 0 Å². The lowest BCUT2D eigenvalue weighted by molar-refractivity contribution is -0.140. The van der Waals surface area contributed by atoms with Gasteiger partial charge in [0.15, 0.2) is 10.8 Å². The lowest BCUT2D eigenvalue weighted by Crippen LogP contribution is -2.21. The molecule has 0 saturated heterocycles. The fourth-order valence-electron chi connectivity index (χ4n) is 2.15. The van der Waals surface area contributed by atoms with Gasteiger partial charge in [0.2, 0.25) is 5.65 Å². The number of aromatic nitrogens is 5. The van der Waals surface area contributed by atoms with Crippen LogP contribution in [0.15, 0.2) is 29.6 Å². The monoisotopic (exact) mass is 404 g/mol. The van der Waals surface area contributed by atoms with E-state index in [1.165, 1.54) is 20.4 Å². The van der Waals surface area contributed by atoms with Gasteiger partial charge in [0.25, 0.3) is 16.0 Å². The van der Waals surface area contributed by atoms with Crippen molar-refractivity contribution in [3.63, 3.8) is 0 Å². The molecule has 3 aromatic heterocycles. The number of fused-ring (bicyclic) bond motifs is 1. The number of hydrogen-bond acceptors (Lipinski definition) is 8. The van der Waals surface area contributed by atoms with E-state index in [9.17, 15) is 21.6 Å². The van der Waals surface area contributed by atoms with Crippen LogP contribution in [0.2, 0.25) is 0 Å². The maximum absolute atomic E-state index is 13.1. The molecule has 3 rings (SSSR count). The van der Waals surface area contributed by atoms with Crippen LogP contribution in [0.25, 0.3) is 5.65 Å². The Balaban J connectivity index is 2.08. The Hall–Kier alpha value is -3.16. The minimum absolute atomic E-state index is 0.0408. The molecule has 1 N–H and O–H groups in total. The first-order valence-electron chi connectivity index (χ1n) is 7.06. The second-order valence-corrected chi connectivity index (χ2v) is 6.54. The number of anilines is 1. The van der Waals surface area contributed by atoms with Gasteiger partial charge in [-0.2, -0.15) is 36.1 Å². The van der Waals surface area contributed by atoms with E-state index in [0.717, 1.165) is 16.8 Å². The summed E-state index contributed by atoms with van der Waals surface area (Å²) in [5.41, 5.74) is -1.38. The van der Waals surface area contributed by atoms with Gasteiger partial charge < -0.3 is 9.47 Å². The van der Waals surface area contributed by atoms with E-state index in [1.54, 1.807) is 0 Å². The quantitative estimate of drug-likeness (QED) is 0.677. The van der Waals surface area contributed by atoms with E-state index < -0.39 is 32.7 Å². The molecular weight excluding hydrogens is 393 g/mol. The number of pyridine rings is 1. The first kappa shape index (κ1) is 18.6. The van der Waals surface area contributed by atoms with Crippen LogP contribution in [-0.2, 0) is 16.2 Å². The number of methoxy groups -OCH3 is 2. The van der Waals surface area contributed by atoms with Gasteiger partial charge in [0.1, 0.15) is 0 Å². The zero-order chi connectivity index (χ0) is 19.8. The van der Waals surface area contributed by atoms with Crippen LogP contribution in [0.5, 0.6) is 11.8 Å². The third kappa shape index (κ3) is 3.42. The summed E-state index contributed by atoms with van der Waals surface area (Å²) in [6, 6.07) is 1.54. The van der Waals surface area contributed by atoms with E-state index in [0.29, 0.717) is 6.07 Å². The Morgan fingerprint density at radius 3 is 2.56 bits per heavy atom. The summed E-state index contributed by atoms with van der Waals surface area (Å²) >= 11 is 0. The van der Waals surface area contributed by atoms with Crippen molar-refractivity contribution < 1.29 is 31.1 Å². The number of nitrogens with zero attached hydrogens (tertiary/aromatic N) is 5. The zero-order valence-corrected chi connectivity index (χ0v) is 14.5.